The summed E-state index contributed by atoms with van der Waals surface area (Å²) in [5.74, 6) is 0.593. The normalized spacial score (nSPS) is 19.9. The smallest absolute Gasteiger partial charge is 0.222 e. The average molecular weight is 250 g/mol. The van der Waals surface area contributed by atoms with E-state index in [1.54, 1.807) is 0 Å². The summed E-state index contributed by atoms with van der Waals surface area (Å²) in [6.45, 7) is 2.68. The number of hydrogen-bond donors (Lipinski definition) is 1. The van der Waals surface area contributed by atoms with Gasteiger partial charge in [0.1, 0.15) is 0 Å². The summed E-state index contributed by atoms with van der Waals surface area (Å²) in [5, 5.41) is 2.85. The first-order valence-corrected chi connectivity index (χ1v) is 6.38. The van der Waals surface area contributed by atoms with Gasteiger partial charge in [-0.1, -0.05) is 0 Å². The van der Waals surface area contributed by atoms with E-state index >= 15 is 0 Å². The Morgan fingerprint density at radius 1 is 1.50 bits per heavy atom. The molecular formula is C11H20ClNO3. The number of nitrogens with one attached hydrogen (secondary N) is 1. The molecule has 0 aromatic rings. The molecule has 94 valence electrons. The molecule has 1 N–H and O–H groups in total. The summed E-state index contributed by atoms with van der Waals surface area (Å²) in [7, 11) is 0. The largest absolute Gasteiger partial charge is 0.380 e. The summed E-state index contributed by atoms with van der Waals surface area (Å²) in [6.07, 6.45) is 3.53. The second-order valence-corrected chi connectivity index (χ2v) is 4.22. The molecule has 0 aromatic carbocycles. The Hall–Kier alpha value is -0.320. The molecule has 1 saturated heterocycles. The predicted octanol–water partition coefficient (Wildman–Crippen LogP) is 1.32. The quantitative estimate of drug-likeness (QED) is 0.521. The Morgan fingerprint density at radius 3 is 3.06 bits per heavy atom. The van der Waals surface area contributed by atoms with Crippen molar-refractivity contribution in [2.24, 2.45) is 0 Å². The molecule has 0 radical (unpaired) electrons. The van der Waals surface area contributed by atoms with Crippen molar-refractivity contribution in [2.75, 3.05) is 32.2 Å². The maximum absolute atomic E-state index is 11.4. The van der Waals surface area contributed by atoms with Gasteiger partial charge in [0.25, 0.3) is 0 Å². The van der Waals surface area contributed by atoms with Crippen LogP contribution in [-0.4, -0.2) is 44.3 Å². The van der Waals surface area contributed by atoms with Gasteiger partial charge in [0.2, 0.25) is 5.91 Å². The van der Waals surface area contributed by atoms with Crippen LogP contribution in [0.5, 0.6) is 0 Å². The van der Waals surface area contributed by atoms with Crippen molar-refractivity contribution in [2.45, 2.75) is 31.8 Å². The first kappa shape index (κ1) is 13.7. The Labute approximate surface area is 102 Å². The van der Waals surface area contributed by atoms with Gasteiger partial charge in [0.15, 0.2) is 0 Å². The second-order valence-electron chi connectivity index (χ2n) is 3.84. The van der Waals surface area contributed by atoms with Crippen molar-refractivity contribution in [3.63, 3.8) is 0 Å². The second kappa shape index (κ2) is 8.79. The minimum Gasteiger partial charge on any atom is -0.380 e. The Bertz CT molecular complexity index is 196. The highest BCUT2D eigenvalue weighted by atomic mass is 35.5. The summed E-state index contributed by atoms with van der Waals surface area (Å²) < 4.78 is 10.6. The average Bonchev–Trinajstić information content (AvgIpc) is 2.76. The zero-order valence-corrected chi connectivity index (χ0v) is 10.3. The lowest BCUT2D eigenvalue weighted by atomic mass is 10.2. The number of carbonyl (C=O) groups is 1. The zero-order valence-electron chi connectivity index (χ0n) is 9.54. The summed E-state index contributed by atoms with van der Waals surface area (Å²) in [4.78, 5) is 11.4. The van der Waals surface area contributed by atoms with Gasteiger partial charge in [0.05, 0.1) is 19.1 Å². The van der Waals surface area contributed by atoms with E-state index in [-0.39, 0.29) is 12.0 Å². The van der Waals surface area contributed by atoms with Crippen LogP contribution in [0.2, 0.25) is 0 Å². The molecule has 0 spiro atoms. The van der Waals surface area contributed by atoms with Crippen LogP contribution < -0.4 is 5.32 Å². The van der Waals surface area contributed by atoms with Gasteiger partial charge in [-0.3, -0.25) is 4.79 Å². The van der Waals surface area contributed by atoms with Crippen LogP contribution >= 0.6 is 11.6 Å². The van der Waals surface area contributed by atoms with Gasteiger partial charge in [-0.25, -0.2) is 0 Å². The number of hydrogen-bond acceptors (Lipinski definition) is 3. The van der Waals surface area contributed by atoms with Gasteiger partial charge in [0, 0.05) is 25.6 Å². The van der Waals surface area contributed by atoms with Crippen molar-refractivity contribution in [3.8, 4) is 0 Å². The van der Waals surface area contributed by atoms with Gasteiger partial charge in [-0.05, 0) is 19.3 Å². The third kappa shape index (κ3) is 6.30. The van der Waals surface area contributed by atoms with Crippen LogP contribution in [0.25, 0.3) is 0 Å². The molecule has 1 aliphatic heterocycles. The number of ether oxygens (including phenoxy) is 2. The molecule has 0 saturated carbocycles. The molecule has 0 aromatic heterocycles. The first-order valence-electron chi connectivity index (χ1n) is 5.85. The molecule has 1 atom stereocenters. The molecule has 5 heteroatoms. The van der Waals surface area contributed by atoms with Crippen LogP contribution in [0, 0.1) is 0 Å². The maximum Gasteiger partial charge on any atom is 0.222 e. The molecule has 1 rings (SSSR count). The number of amides is 1. The van der Waals surface area contributed by atoms with Crippen molar-refractivity contribution < 1.29 is 14.3 Å². The standard InChI is InChI=1S/C11H20ClNO3/c12-4-8-15-6-2-5-13-11(14)9-10-3-1-7-16-10/h10H,1-9H2,(H,13,14). The molecule has 16 heavy (non-hydrogen) atoms. The lowest BCUT2D eigenvalue weighted by molar-refractivity contribution is -0.123. The number of rotatable bonds is 8. The van der Waals surface area contributed by atoms with E-state index in [0.29, 0.717) is 32.1 Å². The topological polar surface area (TPSA) is 47.6 Å². The Balaban J connectivity index is 1.89. The molecule has 1 fully saturated rings. The van der Waals surface area contributed by atoms with E-state index < -0.39 is 0 Å². The van der Waals surface area contributed by atoms with E-state index in [0.717, 1.165) is 25.9 Å². The number of alkyl halides is 1. The summed E-state index contributed by atoms with van der Waals surface area (Å²) in [5.41, 5.74) is 0. The molecular weight excluding hydrogens is 230 g/mol. The van der Waals surface area contributed by atoms with Crippen LogP contribution in [-0.2, 0) is 14.3 Å². The fourth-order valence-electron chi connectivity index (χ4n) is 1.64. The lowest BCUT2D eigenvalue weighted by Gasteiger charge is -2.09. The van der Waals surface area contributed by atoms with Crippen LogP contribution in [0.15, 0.2) is 0 Å². The summed E-state index contributed by atoms with van der Waals surface area (Å²) >= 11 is 5.45. The van der Waals surface area contributed by atoms with E-state index in [1.807, 2.05) is 0 Å². The minimum atomic E-state index is 0.0734. The van der Waals surface area contributed by atoms with Crippen LogP contribution in [0.3, 0.4) is 0 Å². The molecule has 4 nitrogen and oxygen atoms in total. The highest BCUT2D eigenvalue weighted by molar-refractivity contribution is 6.17. The minimum absolute atomic E-state index is 0.0734. The number of carbonyl (C=O) groups excluding carboxylic acids is 1. The fraction of sp³-hybridized carbons (Fsp3) is 0.909. The van der Waals surface area contributed by atoms with Crippen molar-refractivity contribution in [1.82, 2.24) is 5.32 Å². The van der Waals surface area contributed by atoms with Gasteiger partial charge < -0.3 is 14.8 Å². The van der Waals surface area contributed by atoms with Crippen molar-refractivity contribution >= 4 is 17.5 Å². The van der Waals surface area contributed by atoms with E-state index in [4.69, 9.17) is 21.1 Å². The highest BCUT2D eigenvalue weighted by Crippen LogP contribution is 2.14. The third-order valence-corrected chi connectivity index (χ3v) is 2.60. The highest BCUT2D eigenvalue weighted by Gasteiger charge is 2.18. The molecule has 0 bridgehead atoms. The lowest BCUT2D eigenvalue weighted by Crippen LogP contribution is -2.28. The molecule has 1 aliphatic rings. The SMILES string of the molecule is O=C(CC1CCCO1)NCCCOCCCl. The molecule has 1 unspecified atom stereocenters. The van der Waals surface area contributed by atoms with E-state index in [9.17, 15) is 4.79 Å². The first-order chi connectivity index (χ1) is 7.83. The number of halogens is 1. The van der Waals surface area contributed by atoms with Gasteiger partial charge >= 0.3 is 0 Å². The monoisotopic (exact) mass is 249 g/mol. The summed E-state index contributed by atoms with van der Waals surface area (Å²) in [6, 6.07) is 0. The van der Waals surface area contributed by atoms with E-state index in [1.165, 1.54) is 0 Å². The van der Waals surface area contributed by atoms with Crippen molar-refractivity contribution in [1.29, 1.82) is 0 Å². The molecule has 1 amide bonds. The van der Waals surface area contributed by atoms with Crippen molar-refractivity contribution in [3.05, 3.63) is 0 Å². The zero-order chi connectivity index (χ0) is 11.6. The predicted molar refractivity (Wildman–Crippen MR) is 62.8 cm³/mol. The maximum atomic E-state index is 11.4. The molecule has 0 aliphatic carbocycles. The Kier molecular flexibility index (Phi) is 7.55. The fourth-order valence-corrected chi connectivity index (χ4v) is 1.75. The van der Waals surface area contributed by atoms with E-state index in [2.05, 4.69) is 5.32 Å². The van der Waals surface area contributed by atoms with Gasteiger partial charge in [-0.2, -0.15) is 0 Å². The Morgan fingerprint density at radius 2 is 2.38 bits per heavy atom. The van der Waals surface area contributed by atoms with Crippen LogP contribution in [0.1, 0.15) is 25.7 Å². The third-order valence-electron chi connectivity index (χ3n) is 2.45. The van der Waals surface area contributed by atoms with Crippen LogP contribution in [0.4, 0.5) is 0 Å². The molecule has 1 heterocycles. The van der Waals surface area contributed by atoms with Gasteiger partial charge in [-0.15, -0.1) is 11.6 Å².